The van der Waals surface area contributed by atoms with Crippen LogP contribution in [0.4, 0.5) is 10.5 Å². The highest BCUT2D eigenvalue weighted by Crippen LogP contribution is 2.13. The number of carbonyl (C=O) groups excluding carboxylic acids is 2. The number of hydrogen-bond donors (Lipinski definition) is 1. The van der Waals surface area contributed by atoms with Crippen LogP contribution in [0.25, 0.3) is 0 Å². The number of piperazine rings is 1. The van der Waals surface area contributed by atoms with Gasteiger partial charge in [-0.3, -0.25) is 4.90 Å². The minimum Gasteiger partial charge on any atom is -0.465 e. The second kappa shape index (κ2) is 10.6. The summed E-state index contributed by atoms with van der Waals surface area (Å²) < 4.78 is 4.75. The molecule has 2 aromatic rings. The van der Waals surface area contributed by atoms with Crippen molar-refractivity contribution in [3.8, 4) is 11.8 Å². The van der Waals surface area contributed by atoms with E-state index in [-0.39, 0.29) is 6.03 Å². The molecule has 0 saturated carbocycles. The fraction of sp³-hybridized carbons (Fsp3) is 0.360. The maximum Gasteiger partial charge on any atom is 0.337 e. The van der Waals surface area contributed by atoms with Crippen molar-refractivity contribution in [2.75, 3.05) is 45.2 Å². The van der Waals surface area contributed by atoms with Crippen LogP contribution in [0, 0.1) is 17.8 Å². The normalized spacial score (nSPS) is 14.0. The van der Waals surface area contributed by atoms with E-state index < -0.39 is 5.97 Å². The summed E-state index contributed by atoms with van der Waals surface area (Å²) in [4.78, 5) is 28.6. The van der Waals surface area contributed by atoms with Gasteiger partial charge in [-0.1, -0.05) is 37.8 Å². The molecule has 0 aliphatic carbocycles. The third kappa shape index (κ3) is 6.59. The minimum atomic E-state index is -0.390. The standard InChI is InChI=1S/C25H29N3O3/c1-19(2)18-27-12-14-28(15-13-27)25(30)26-23-9-5-7-21(17-23)11-10-20-6-4-8-22(16-20)24(29)31-3/h4-9,16-17,19H,12-15,18H2,1-3H3,(H,26,30). The summed E-state index contributed by atoms with van der Waals surface area (Å²) in [5.74, 6) is 6.39. The molecule has 31 heavy (non-hydrogen) atoms. The first-order valence-electron chi connectivity index (χ1n) is 10.5. The molecular weight excluding hydrogens is 390 g/mol. The Morgan fingerprint density at radius 1 is 1.00 bits per heavy atom. The van der Waals surface area contributed by atoms with Crippen LogP contribution < -0.4 is 5.32 Å². The average Bonchev–Trinajstić information content (AvgIpc) is 2.77. The van der Waals surface area contributed by atoms with Crippen LogP contribution in [0.3, 0.4) is 0 Å². The van der Waals surface area contributed by atoms with E-state index in [0.29, 0.717) is 17.2 Å². The largest absolute Gasteiger partial charge is 0.465 e. The molecule has 6 nitrogen and oxygen atoms in total. The molecule has 2 amide bonds. The number of hydrogen-bond acceptors (Lipinski definition) is 4. The molecule has 1 aliphatic rings. The summed E-state index contributed by atoms with van der Waals surface area (Å²) in [7, 11) is 1.35. The van der Waals surface area contributed by atoms with Crippen LogP contribution in [0.2, 0.25) is 0 Å². The van der Waals surface area contributed by atoms with Crippen molar-refractivity contribution in [2.45, 2.75) is 13.8 Å². The number of anilines is 1. The molecule has 1 fully saturated rings. The first-order chi connectivity index (χ1) is 14.9. The van der Waals surface area contributed by atoms with Crippen molar-refractivity contribution < 1.29 is 14.3 Å². The maximum atomic E-state index is 12.6. The van der Waals surface area contributed by atoms with Gasteiger partial charge in [0.05, 0.1) is 12.7 Å². The van der Waals surface area contributed by atoms with E-state index in [9.17, 15) is 9.59 Å². The average molecular weight is 420 g/mol. The molecular formula is C25H29N3O3. The van der Waals surface area contributed by atoms with E-state index in [1.54, 1.807) is 18.2 Å². The lowest BCUT2D eigenvalue weighted by atomic mass is 10.1. The van der Waals surface area contributed by atoms with Gasteiger partial charge in [0.1, 0.15) is 0 Å². The first-order valence-corrected chi connectivity index (χ1v) is 10.5. The lowest BCUT2D eigenvalue weighted by Crippen LogP contribution is -2.50. The van der Waals surface area contributed by atoms with Gasteiger partial charge in [0.25, 0.3) is 0 Å². The Kier molecular flexibility index (Phi) is 7.69. The van der Waals surface area contributed by atoms with Gasteiger partial charge in [-0.15, -0.1) is 0 Å². The fourth-order valence-electron chi connectivity index (χ4n) is 3.51. The van der Waals surface area contributed by atoms with E-state index >= 15 is 0 Å². The Hall–Kier alpha value is -3.30. The molecule has 0 radical (unpaired) electrons. The van der Waals surface area contributed by atoms with Gasteiger partial charge in [-0.2, -0.15) is 0 Å². The Balaban J connectivity index is 1.61. The third-order valence-electron chi connectivity index (χ3n) is 5.03. The second-order valence-electron chi connectivity index (χ2n) is 8.01. The van der Waals surface area contributed by atoms with Crippen molar-refractivity contribution in [3.63, 3.8) is 0 Å². The zero-order valence-electron chi connectivity index (χ0n) is 18.4. The number of urea groups is 1. The van der Waals surface area contributed by atoms with E-state index in [4.69, 9.17) is 4.74 Å². The number of rotatable bonds is 4. The highest BCUT2D eigenvalue weighted by atomic mass is 16.5. The number of amides is 2. The second-order valence-corrected chi connectivity index (χ2v) is 8.01. The number of nitrogens with one attached hydrogen (secondary N) is 1. The van der Waals surface area contributed by atoms with E-state index in [1.165, 1.54) is 7.11 Å². The summed E-state index contributed by atoms with van der Waals surface area (Å²) in [5, 5.41) is 2.98. The number of carbonyl (C=O) groups is 2. The first kappa shape index (κ1) is 22.4. The summed E-state index contributed by atoms with van der Waals surface area (Å²) in [6.45, 7) is 8.76. The predicted octanol–water partition coefficient (Wildman–Crippen LogP) is 3.68. The molecule has 1 aliphatic heterocycles. The zero-order chi connectivity index (χ0) is 22.2. The van der Waals surface area contributed by atoms with Crippen LogP contribution in [-0.4, -0.2) is 61.6 Å². The Morgan fingerprint density at radius 2 is 1.65 bits per heavy atom. The highest BCUT2D eigenvalue weighted by molar-refractivity contribution is 5.90. The predicted molar refractivity (Wildman–Crippen MR) is 122 cm³/mol. The number of esters is 1. The van der Waals surface area contributed by atoms with Crippen LogP contribution >= 0.6 is 0 Å². The Morgan fingerprint density at radius 3 is 2.29 bits per heavy atom. The highest BCUT2D eigenvalue weighted by Gasteiger charge is 2.21. The van der Waals surface area contributed by atoms with Crippen LogP contribution in [-0.2, 0) is 4.74 Å². The SMILES string of the molecule is COC(=O)c1cccc(C#Cc2cccc(NC(=O)N3CCN(CC(C)C)CC3)c2)c1. The van der Waals surface area contributed by atoms with Gasteiger partial charge in [0, 0.05) is 49.5 Å². The zero-order valence-corrected chi connectivity index (χ0v) is 18.4. The Bertz CT molecular complexity index is 983. The minimum absolute atomic E-state index is 0.0833. The molecule has 0 bridgehead atoms. The van der Waals surface area contributed by atoms with Crippen LogP contribution in [0.15, 0.2) is 48.5 Å². The molecule has 1 N–H and O–H groups in total. The van der Waals surface area contributed by atoms with Crippen molar-refractivity contribution in [1.29, 1.82) is 0 Å². The van der Waals surface area contributed by atoms with Crippen LogP contribution in [0.1, 0.15) is 35.3 Å². The van der Waals surface area contributed by atoms with Gasteiger partial charge in [0.2, 0.25) is 0 Å². The van der Waals surface area contributed by atoms with Crippen molar-refractivity contribution >= 4 is 17.7 Å². The molecule has 3 rings (SSSR count). The van der Waals surface area contributed by atoms with E-state index in [2.05, 4.69) is 35.9 Å². The Labute approximate surface area is 184 Å². The van der Waals surface area contributed by atoms with Gasteiger partial charge in [-0.25, -0.2) is 9.59 Å². The fourth-order valence-corrected chi connectivity index (χ4v) is 3.51. The van der Waals surface area contributed by atoms with Gasteiger partial charge < -0.3 is 15.0 Å². The molecule has 0 aromatic heterocycles. The van der Waals surface area contributed by atoms with Crippen molar-refractivity contribution in [1.82, 2.24) is 9.80 Å². The van der Waals surface area contributed by atoms with Crippen molar-refractivity contribution in [2.24, 2.45) is 5.92 Å². The van der Waals surface area contributed by atoms with Gasteiger partial charge in [0.15, 0.2) is 0 Å². The molecule has 0 atom stereocenters. The molecule has 1 saturated heterocycles. The smallest absolute Gasteiger partial charge is 0.337 e. The lowest BCUT2D eigenvalue weighted by molar-refractivity contribution is 0.0600. The summed E-state index contributed by atoms with van der Waals surface area (Å²) in [5.41, 5.74) is 2.67. The molecule has 6 heteroatoms. The number of methoxy groups -OCH3 is 1. The number of nitrogens with zero attached hydrogens (tertiary/aromatic N) is 2. The van der Waals surface area contributed by atoms with E-state index in [1.807, 2.05) is 35.2 Å². The summed E-state index contributed by atoms with van der Waals surface area (Å²) in [6.07, 6.45) is 0. The van der Waals surface area contributed by atoms with Crippen molar-refractivity contribution in [3.05, 3.63) is 65.2 Å². The van der Waals surface area contributed by atoms with Gasteiger partial charge in [-0.05, 0) is 42.3 Å². The molecule has 0 unspecified atom stereocenters. The maximum absolute atomic E-state index is 12.6. The topological polar surface area (TPSA) is 61.9 Å². The number of ether oxygens (including phenoxy) is 1. The molecule has 2 aromatic carbocycles. The lowest BCUT2D eigenvalue weighted by Gasteiger charge is -2.35. The molecule has 1 heterocycles. The summed E-state index contributed by atoms with van der Waals surface area (Å²) >= 11 is 0. The third-order valence-corrected chi connectivity index (χ3v) is 5.03. The quantitative estimate of drug-likeness (QED) is 0.607. The number of benzene rings is 2. The molecule has 162 valence electrons. The monoisotopic (exact) mass is 419 g/mol. The van der Waals surface area contributed by atoms with Gasteiger partial charge >= 0.3 is 12.0 Å². The van der Waals surface area contributed by atoms with Crippen LogP contribution in [0.5, 0.6) is 0 Å². The van der Waals surface area contributed by atoms with E-state index in [0.717, 1.165) is 43.9 Å². The molecule has 0 spiro atoms. The summed E-state index contributed by atoms with van der Waals surface area (Å²) in [6, 6.07) is 14.4.